The molecule has 2 aliphatic rings. The summed E-state index contributed by atoms with van der Waals surface area (Å²) in [4.78, 5) is 24.3. The molecule has 14 heteroatoms. The second-order valence-corrected chi connectivity index (χ2v) is 10.8. The Bertz CT molecular complexity index is 1190. The Morgan fingerprint density at radius 1 is 1.17 bits per heavy atom. The fraction of sp³-hybridized carbons (Fsp3) is 0.500. The molecule has 1 atom stereocenters. The van der Waals surface area contributed by atoms with Gasteiger partial charge in [0.25, 0.3) is 5.60 Å². The summed E-state index contributed by atoms with van der Waals surface area (Å²) in [5.41, 5.74) is -1.82. The van der Waals surface area contributed by atoms with Crippen molar-refractivity contribution in [2.45, 2.75) is 36.2 Å². The minimum Gasteiger partial charge on any atom is -0.486 e. The molecule has 4 rings (SSSR count). The van der Waals surface area contributed by atoms with Gasteiger partial charge in [0.1, 0.15) is 6.61 Å². The molecule has 1 amide bonds. The van der Waals surface area contributed by atoms with Crippen molar-refractivity contribution in [3.8, 4) is 5.75 Å². The standard InChI is InChI=1S/C22H25F3N4O6S/c1-15-11-28(20(30)35-21(13-33-14-21)22(23,24)25)7-8-29(15)19-26-9-17(10-27-19)34-12-16-3-5-18(6-4-16)36(2,31)32/h3-6,9-10,15H,7-8,11-14H2,1-2H3. The lowest BCUT2D eigenvalue weighted by molar-refractivity contribution is -0.333. The van der Waals surface area contributed by atoms with Crippen LogP contribution >= 0.6 is 0 Å². The van der Waals surface area contributed by atoms with Crippen LogP contribution < -0.4 is 9.64 Å². The van der Waals surface area contributed by atoms with E-state index in [4.69, 9.17) is 9.47 Å². The molecule has 2 aliphatic heterocycles. The second-order valence-electron chi connectivity index (χ2n) is 8.76. The van der Waals surface area contributed by atoms with Crippen molar-refractivity contribution >= 4 is 21.9 Å². The predicted octanol–water partition coefficient (Wildman–Crippen LogP) is 2.44. The summed E-state index contributed by atoms with van der Waals surface area (Å²) in [6.45, 7) is 1.17. The van der Waals surface area contributed by atoms with Crippen molar-refractivity contribution in [3.63, 3.8) is 0 Å². The lowest BCUT2D eigenvalue weighted by Gasteiger charge is -2.44. The van der Waals surface area contributed by atoms with E-state index in [0.717, 1.165) is 11.8 Å². The van der Waals surface area contributed by atoms with Crippen LogP contribution in [-0.4, -0.2) is 86.3 Å². The molecule has 1 unspecified atom stereocenters. The number of nitrogens with zero attached hydrogens (tertiary/aromatic N) is 4. The number of halogens is 3. The average Bonchev–Trinajstić information content (AvgIpc) is 2.79. The van der Waals surface area contributed by atoms with Crippen LogP contribution in [0.25, 0.3) is 0 Å². The SMILES string of the molecule is CC1CN(C(=O)OC2(C(F)(F)F)COC2)CCN1c1ncc(OCc2ccc(S(C)(=O)=O)cc2)cn1. The largest absolute Gasteiger partial charge is 0.486 e. The Morgan fingerprint density at radius 3 is 2.31 bits per heavy atom. The number of rotatable bonds is 6. The van der Waals surface area contributed by atoms with Gasteiger partial charge in [-0.3, -0.25) is 0 Å². The third kappa shape index (κ3) is 5.48. The van der Waals surface area contributed by atoms with Crippen LogP contribution in [0.4, 0.5) is 23.9 Å². The molecule has 3 heterocycles. The molecule has 0 spiro atoms. The molecule has 2 aromatic rings. The maximum Gasteiger partial charge on any atom is 0.433 e. The third-order valence-corrected chi connectivity index (χ3v) is 7.11. The molecule has 0 saturated carbocycles. The van der Waals surface area contributed by atoms with Crippen LogP contribution in [0.3, 0.4) is 0 Å². The zero-order valence-electron chi connectivity index (χ0n) is 19.6. The monoisotopic (exact) mass is 530 g/mol. The minimum absolute atomic E-state index is 0.138. The number of carbonyl (C=O) groups is 1. The molecular weight excluding hydrogens is 505 g/mol. The number of hydrogen-bond acceptors (Lipinski definition) is 9. The van der Waals surface area contributed by atoms with Crippen LogP contribution in [0.1, 0.15) is 12.5 Å². The summed E-state index contributed by atoms with van der Waals surface area (Å²) in [6.07, 6.45) is -1.62. The molecule has 0 aliphatic carbocycles. The Kier molecular flexibility index (Phi) is 7.01. The number of sulfone groups is 1. The lowest BCUT2D eigenvalue weighted by Crippen LogP contribution is -2.65. The predicted molar refractivity (Wildman–Crippen MR) is 120 cm³/mol. The Balaban J connectivity index is 1.30. The fourth-order valence-corrected chi connectivity index (χ4v) is 4.38. The summed E-state index contributed by atoms with van der Waals surface area (Å²) in [5, 5.41) is 0. The number of ether oxygens (including phenoxy) is 3. The van der Waals surface area contributed by atoms with Crippen LogP contribution in [0, 0.1) is 0 Å². The van der Waals surface area contributed by atoms with Gasteiger partial charge >= 0.3 is 12.3 Å². The van der Waals surface area contributed by atoms with Gasteiger partial charge in [-0.2, -0.15) is 13.2 Å². The molecule has 0 N–H and O–H groups in total. The quantitative estimate of drug-likeness (QED) is 0.556. The van der Waals surface area contributed by atoms with E-state index in [2.05, 4.69) is 14.7 Å². The van der Waals surface area contributed by atoms with E-state index in [-0.39, 0.29) is 30.6 Å². The molecule has 2 fully saturated rings. The summed E-state index contributed by atoms with van der Waals surface area (Å²) in [7, 11) is -3.27. The second kappa shape index (κ2) is 9.73. The van der Waals surface area contributed by atoms with Crippen LogP contribution in [-0.2, 0) is 25.9 Å². The molecule has 0 radical (unpaired) electrons. The maximum absolute atomic E-state index is 13.3. The van der Waals surface area contributed by atoms with Crippen LogP contribution in [0.5, 0.6) is 5.75 Å². The molecule has 1 aromatic heterocycles. The molecule has 196 valence electrons. The average molecular weight is 531 g/mol. The molecule has 2 saturated heterocycles. The first kappa shape index (κ1) is 25.9. The number of hydrogen-bond donors (Lipinski definition) is 0. The van der Waals surface area contributed by atoms with E-state index in [1.807, 2.05) is 4.90 Å². The summed E-state index contributed by atoms with van der Waals surface area (Å²) >= 11 is 0. The van der Waals surface area contributed by atoms with Gasteiger partial charge in [0.05, 0.1) is 30.5 Å². The third-order valence-electron chi connectivity index (χ3n) is 5.98. The molecule has 10 nitrogen and oxygen atoms in total. The maximum atomic E-state index is 13.3. The number of anilines is 1. The first-order valence-electron chi connectivity index (χ1n) is 11.0. The van der Waals surface area contributed by atoms with E-state index in [0.29, 0.717) is 18.2 Å². The lowest BCUT2D eigenvalue weighted by atomic mass is 10.0. The van der Waals surface area contributed by atoms with Gasteiger partial charge in [-0.25, -0.2) is 23.2 Å². The minimum atomic E-state index is -4.70. The van der Waals surface area contributed by atoms with Gasteiger partial charge in [-0.1, -0.05) is 12.1 Å². The first-order valence-corrected chi connectivity index (χ1v) is 12.9. The fourth-order valence-electron chi connectivity index (χ4n) is 3.75. The smallest absolute Gasteiger partial charge is 0.433 e. The number of benzene rings is 1. The number of aromatic nitrogens is 2. The molecule has 0 bridgehead atoms. The van der Waals surface area contributed by atoms with Crippen molar-refractivity contribution in [1.82, 2.24) is 14.9 Å². The van der Waals surface area contributed by atoms with Gasteiger partial charge < -0.3 is 24.0 Å². The van der Waals surface area contributed by atoms with Crippen molar-refractivity contribution in [1.29, 1.82) is 0 Å². The normalized spacial score (nSPS) is 20.0. The van der Waals surface area contributed by atoms with E-state index >= 15 is 0 Å². The van der Waals surface area contributed by atoms with Crippen LogP contribution in [0.2, 0.25) is 0 Å². The zero-order chi connectivity index (χ0) is 26.1. The Morgan fingerprint density at radius 2 is 1.81 bits per heavy atom. The van der Waals surface area contributed by atoms with Gasteiger partial charge in [-0.15, -0.1) is 0 Å². The Labute approximate surface area is 205 Å². The number of piperazine rings is 1. The van der Waals surface area contributed by atoms with E-state index < -0.39 is 40.9 Å². The number of alkyl halides is 3. The highest BCUT2D eigenvalue weighted by atomic mass is 32.2. The van der Waals surface area contributed by atoms with Gasteiger partial charge in [0.2, 0.25) is 5.95 Å². The number of carbonyl (C=O) groups excluding carboxylic acids is 1. The highest BCUT2D eigenvalue weighted by Gasteiger charge is 2.64. The van der Waals surface area contributed by atoms with Crippen molar-refractivity contribution in [2.24, 2.45) is 0 Å². The van der Waals surface area contributed by atoms with Gasteiger partial charge in [0.15, 0.2) is 15.6 Å². The zero-order valence-corrected chi connectivity index (χ0v) is 20.4. The number of amides is 1. The molecular formula is C22H25F3N4O6S. The highest BCUT2D eigenvalue weighted by Crippen LogP contribution is 2.40. The van der Waals surface area contributed by atoms with E-state index in [9.17, 15) is 26.4 Å². The van der Waals surface area contributed by atoms with E-state index in [1.165, 1.54) is 29.4 Å². The van der Waals surface area contributed by atoms with Gasteiger partial charge in [0, 0.05) is 31.9 Å². The van der Waals surface area contributed by atoms with Crippen molar-refractivity contribution < 1.29 is 40.6 Å². The highest BCUT2D eigenvalue weighted by molar-refractivity contribution is 7.90. The summed E-state index contributed by atoms with van der Waals surface area (Å²) in [6, 6.07) is 6.06. The van der Waals surface area contributed by atoms with Gasteiger partial charge in [-0.05, 0) is 24.6 Å². The summed E-state index contributed by atoms with van der Waals surface area (Å²) < 4.78 is 78.0. The van der Waals surface area contributed by atoms with E-state index in [1.54, 1.807) is 19.1 Å². The summed E-state index contributed by atoms with van der Waals surface area (Å²) in [5.74, 6) is 0.792. The van der Waals surface area contributed by atoms with Crippen LogP contribution in [0.15, 0.2) is 41.6 Å². The topological polar surface area (TPSA) is 111 Å². The first-order chi connectivity index (χ1) is 16.9. The molecule has 1 aromatic carbocycles. The van der Waals surface area contributed by atoms with Crippen molar-refractivity contribution in [3.05, 3.63) is 42.2 Å². The van der Waals surface area contributed by atoms with Crippen molar-refractivity contribution in [2.75, 3.05) is 44.0 Å². The molecule has 36 heavy (non-hydrogen) atoms. The Hall–Kier alpha value is -3.13.